The minimum atomic E-state index is -0.275. The van der Waals surface area contributed by atoms with E-state index in [1.165, 1.54) is 56.3 Å². The van der Waals surface area contributed by atoms with Gasteiger partial charge in [0.15, 0.2) is 23.0 Å². The van der Waals surface area contributed by atoms with Crippen molar-refractivity contribution in [1.29, 1.82) is 0 Å². The van der Waals surface area contributed by atoms with Gasteiger partial charge in [0, 0.05) is 49.7 Å². The van der Waals surface area contributed by atoms with E-state index in [0.717, 1.165) is 96.3 Å². The summed E-state index contributed by atoms with van der Waals surface area (Å²) in [4.78, 5) is 14.3. The molecule has 7 aromatic carbocycles. The average molecular weight is 1220 g/mol. The molecule has 0 unspecified atom stereocenters. The molecule has 13 rings (SSSR count). The molecule has 79 heavy (non-hydrogen) atoms. The standard InChI is InChI=1S/C57H55BN3O2.C13H11FN.Ir/c1-54(2,3)36-19-22-43-47(28-36)62-49-30-38(56(7,8)9)26-40-52(49)60(43)45-24-35(34-18-21-42(59-32-34)33-16-14-13-15-17-33)25-46-51(45)58(40)41-27-39(57(10,11)12)31-50-53(41)61(46)44-23-20-37(55(4,5)6)29-48(44)63-50;1-9-7-13(15-8-10(9)2)11-3-5-12(14)6-4-11;/h13-16,18-32H,1-12H3;3,5-8H,1-2H3;/q2*-1;. The molecule has 399 valence electrons. The second-order valence-corrected chi connectivity index (χ2v) is 25.7. The van der Waals surface area contributed by atoms with Crippen molar-refractivity contribution in [3.63, 3.8) is 0 Å². The molecule has 0 spiro atoms. The van der Waals surface area contributed by atoms with E-state index in [0.29, 0.717) is 0 Å². The van der Waals surface area contributed by atoms with Gasteiger partial charge in [-0.05, 0) is 151 Å². The Labute approximate surface area is 480 Å². The molecule has 0 saturated heterocycles. The number of fused-ring (bicyclic) bond motifs is 8. The second kappa shape index (κ2) is 19.2. The number of aromatic nitrogens is 2. The maximum Gasteiger partial charge on any atom is 0.252 e. The third-order valence-corrected chi connectivity index (χ3v) is 16.0. The molecule has 9 aromatic rings. The van der Waals surface area contributed by atoms with E-state index >= 15 is 0 Å². The zero-order valence-electron chi connectivity index (χ0n) is 47.8. The molecule has 0 atom stereocenters. The van der Waals surface area contributed by atoms with Gasteiger partial charge in [-0.25, -0.2) is 0 Å². The van der Waals surface area contributed by atoms with Crippen molar-refractivity contribution >= 4 is 57.2 Å². The Morgan fingerprint density at radius 2 is 0.987 bits per heavy atom. The number of pyridine rings is 2. The number of rotatable bonds is 3. The molecule has 4 aliphatic heterocycles. The largest absolute Gasteiger partial charge is 0.453 e. The minimum absolute atomic E-state index is 0. The first-order valence-electron chi connectivity index (χ1n) is 27.2. The van der Waals surface area contributed by atoms with Gasteiger partial charge in [-0.15, -0.1) is 65.7 Å². The number of aryl methyl sites for hydroxylation is 2. The molecule has 0 saturated carbocycles. The molecule has 6 heterocycles. The van der Waals surface area contributed by atoms with Crippen molar-refractivity contribution in [1.82, 2.24) is 9.97 Å². The molecule has 2 aromatic heterocycles. The molecule has 9 heteroatoms. The van der Waals surface area contributed by atoms with Crippen LogP contribution in [0.3, 0.4) is 0 Å². The van der Waals surface area contributed by atoms with E-state index in [9.17, 15) is 4.39 Å². The number of hydrogen-bond donors (Lipinski definition) is 0. The number of benzene rings is 7. The van der Waals surface area contributed by atoms with E-state index in [2.05, 4.69) is 201 Å². The fraction of sp³-hybridized carbons (Fsp3) is 0.257. The zero-order valence-corrected chi connectivity index (χ0v) is 50.1. The maximum absolute atomic E-state index is 12.7. The SMILES string of the molecule is CC(C)(C)c1ccc2c(c1)Oc1cc(C(C)(C)C)cc3c1N2c1cc(-c2ccc(-c4[c-]cccc4)nc2)cc2c1B3c1cc(C(C)(C)C)cc3c1N2c1ccc(C(C)(C)C)cc1O3.Cc1cnc(-c2[c-]cc(F)cc2)cc1C.[Ir]. The zero-order chi connectivity index (χ0) is 55.0. The number of ether oxygens (including phenoxy) is 2. The van der Waals surface area contributed by atoms with Gasteiger partial charge in [-0.1, -0.05) is 131 Å². The summed E-state index contributed by atoms with van der Waals surface area (Å²) >= 11 is 0. The van der Waals surface area contributed by atoms with Gasteiger partial charge in [0.25, 0.3) is 6.71 Å². The van der Waals surface area contributed by atoms with E-state index in [1.54, 1.807) is 6.07 Å². The van der Waals surface area contributed by atoms with Gasteiger partial charge in [0.05, 0.1) is 22.7 Å². The van der Waals surface area contributed by atoms with Crippen LogP contribution in [0.25, 0.3) is 33.6 Å². The van der Waals surface area contributed by atoms with Crippen molar-refractivity contribution < 1.29 is 34.0 Å². The predicted octanol–water partition coefficient (Wildman–Crippen LogP) is 17.0. The number of halogens is 1. The van der Waals surface area contributed by atoms with Crippen LogP contribution in [0.1, 0.15) is 116 Å². The summed E-state index contributed by atoms with van der Waals surface area (Å²) in [6, 6.07) is 52.9. The fourth-order valence-corrected chi connectivity index (χ4v) is 11.2. The number of hydrogen-bond acceptors (Lipinski definition) is 6. The Balaban J connectivity index is 0.000000357. The van der Waals surface area contributed by atoms with Gasteiger partial charge in [-0.3, -0.25) is 4.39 Å². The second-order valence-electron chi connectivity index (χ2n) is 25.7. The summed E-state index contributed by atoms with van der Waals surface area (Å²) in [6.45, 7) is 31.4. The van der Waals surface area contributed by atoms with Crippen LogP contribution in [-0.2, 0) is 41.8 Å². The molecule has 0 fully saturated rings. The quantitative estimate of drug-likeness (QED) is 0.130. The van der Waals surface area contributed by atoms with Gasteiger partial charge in [-0.2, -0.15) is 0 Å². The summed E-state index contributed by atoms with van der Waals surface area (Å²) < 4.78 is 27.0. The predicted molar refractivity (Wildman–Crippen MR) is 321 cm³/mol. The Kier molecular flexibility index (Phi) is 13.0. The van der Waals surface area contributed by atoms with Crippen molar-refractivity contribution in [2.45, 2.75) is 119 Å². The normalized spacial score (nSPS) is 13.5. The molecule has 1 radical (unpaired) electrons. The molecular weight excluding hydrogens is 1150 g/mol. The van der Waals surface area contributed by atoms with Gasteiger partial charge < -0.3 is 29.2 Å². The van der Waals surface area contributed by atoms with E-state index in [1.807, 2.05) is 50.5 Å². The number of anilines is 6. The van der Waals surface area contributed by atoms with E-state index in [-0.39, 0.29) is 54.3 Å². The monoisotopic (exact) mass is 1220 g/mol. The molecule has 0 bridgehead atoms. The van der Waals surface area contributed by atoms with Crippen molar-refractivity contribution in [2.75, 3.05) is 9.80 Å². The van der Waals surface area contributed by atoms with Crippen LogP contribution >= 0.6 is 0 Å². The van der Waals surface area contributed by atoms with Crippen LogP contribution in [0, 0.1) is 31.8 Å². The summed E-state index contributed by atoms with van der Waals surface area (Å²) in [5.74, 6) is 3.24. The minimum Gasteiger partial charge on any atom is -0.453 e. The Hall–Kier alpha value is -7.32. The Bertz CT molecular complexity index is 3720. The Morgan fingerprint density at radius 1 is 0.468 bits per heavy atom. The van der Waals surface area contributed by atoms with Gasteiger partial charge in [0.1, 0.15) is 0 Å². The van der Waals surface area contributed by atoms with Crippen LogP contribution in [0.15, 0.2) is 146 Å². The maximum atomic E-state index is 12.7. The molecule has 0 aliphatic carbocycles. The van der Waals surface area contributed by atoms with Crippen molar-refractivity contribution in [3.05, 3.63) is 197 Å². The van der Waals surface area contributed by atoms with E-state index < -0.39 is 0 Å². The molecular formula is C70H66BFIrN4O2-2. The summed E-state index contributed by atoms with van der Waals surface area (Å²) in [7, 11) is 0. The van der Waals surface area contributed by atoms with Crippen LogP contribution < -0.4 is 35.7 Å². The first kappa shape index (κ1) is 53.7. The molecule has 4 aliphatic rings. The summed E-state index contributed by atoms with van der Waals surface area (Å²) in [6.07, 6.45) is 3.84. The average Bonchev–Trinajstić information content (AvgIpc) is 2.73. The first-order chi connectivity index (χ1) is 36.9. The first-order valence-corrected chi connectivity index (χ1v) is 27.2. The van der Waals surface area contributed by atoms with Gasteiger partial charge in [0.2, 0.25) is 0 Å². The van der Waals surface area contributed by atoms with Crippen LogP contribution in [0.5, 0.6) is 23.0 Å². The molecule has 0 N–H and O–H groups in total. The molecule has 6 nitrogen and oxygen atoms in total. The Morgan fingerprint density at radius 3 is 1.44 bits per heavy atom. The van der Waals surface area contributed by atoms with Crippen LogP contribution in [-0.4, -0.2) is 16.7 Å². The van der Waals surface area contributed by atoms with Gasteiger partial charge >= 0.3 is 0 Å². The number of nitrogens with zero attached hydrogens (tertiary/aromatic N) is 4. The smallest absolute Gasteiger partial charge is 0.252 e. The molecule has 0 amide bonds. The third-order valence-electron chi connectivity index (χ3n) is 16.0. The summed E-state index contributed by atoms with van der Waals surface area (Å²) in [5.41, 5.74) is 22.9. The topological polar surface area (TPSA) is 50.7 Å². The van der Waals surface area contributed by atoms with Crippen LogP contribution in [0.4, 0.5) is 38.5 Å². The third kappa shape index (κ3) is 9.47. The van der Waals surface area contributed by atoms with Crippen molar-refractivity contribution in [2.24, 2.45) is 0 Å². The fourth-order valence-electron chi connectivity index (χ4n) is 11.2. The van der Waals surface area contributed by atoms with Crippen LogP contribution in [0.2, 0.25) is 0 Å². The van der Waals surface area contributed by atoms with Crippen molar-refractivity contribution in [3.8, 4) is 56.6 Å². The van der Waals surface area contributed by atoms with E-state index in [4.69, 9.17) is 14.5 Å². The summed E-state index contributed by atoms with van der Waals surface area (Å²) in [5, 5.41) is 0.